The third-order valence-electron chi connectivity index (χ3n) is 6.60. The van der Waals surface area contributed by atoms with Crippen LogP contribution in [0.15, 0.2) is 0 Å². The van der Waals surface area contributed by atoms with Gasteiger partial charge in [-0.2, -0.15) is 0 Å². The molecule has 0 heterocycles. The Balaban J connectivity index is 3.16. The lowest BCUT2D eigenvalue weighted by molar-refractivity contribution is 0.430. The van der Waals surface area contributed by atoms with Gasteiger partial charge in [-0.25, -0.2) is 0 Å². The first-order chi connectivity index (χ1) is 14.8. The van der Waals surface area contributed by atoms with E-state index in [0.717, 1.165) is 18.8 Å². The molecule has 0 aliphatic heterocycles. The molecule has 0 aromatic heterocycles. The fraction of sp³-hybridized carbons (Fsp3) is 0.933. The zero-order valence-corrected chi connectivity index (χ0v) is 21.5. The van der Waals surface area contributed by atoms with Gasteiger partial charge >= 0.3 is 0 Å². The third kappa shape index (κ3) is 25.6. The van der Waals surface area contributed by atoms with Crippen LogP contribution in [-0.4, -0.2) is 0 Å². The Hall–Kier alpha value is -0.440. The van der Waals surface area contributed by atoms with Crippen molar-refractivity contribution in [1.29, 1.82) is 0 Å². The second-order valence-corrected chi connectivity index (χ2v) is 9.86. The minimum Gasteiger partial charge on any atom is -0.104 e. The summed E-state index contributed by atoms with van der Waals surface area (Å²) in [5.74, 6) is 7.37. The number of hydrogen-bond acceptors (Lipinski definition) is 0. The van der Waals surface area contributed by atoms with Crippen LogP contribution >= 0.6 is 0 Å². The minimum atomic E-state index is 0.954. The fourth-order valence-electron chi connectivity index (χ4n) is 4.46. The lowest BCUT2D eigenvalue weighted by Gasteiger charge is -2.11. The van der Waals surface area contributed by atoms with Crippen molar-refractivity contribution in [2.45, 2.75) is 175 Å². The van der Waals surface area contributed by atoms with Gasteiger partial charge in [-0.1, -0.05) is 156 Å². The Morgan fingerprint density at radius 1 is 0.433 bits per heavy atom. The van der Waals surface area contributed by atoms with Gasteiger partial charge in [0.25, 0.3) is 0 Å². The summed E-state index contributed by atoms with van der Waals surface area (Å²) in [6.07, 6.45) is 34.0. The summed E-state index contributed by atoms with van der Waals surface area (Å²) in [7, 11) is 0. The molecule has 0 bridgehead atoms. The van der Waals surface area contributed by atoms with Gasteiger partial charge in [0, 0.05) is 12.8 Å². The highest BCUT2D eigenvalue weighted by Crippen LogP contribution is 2.19. The van der Waals surface area contributed by atoms with Crippen molar-refractivity contribution in [1.82, 2.24) is 0 Å². The Labute approximate surface area is 192 Å². The number of rotatable bonds is 23. The summed E-state index contributed by atoms with van der Waals surface area (Å²) in [6, 6.07) is 0. The van der Waals surface area contributed by atoms with Crippen molar-refractivity contribution in [3.63, 3.8) is 0 Å². The zero-order chi connectivity index (χ0) is 22.0. The lowest BCUT2D eigenvalue weighted by atomic mass is 9.95. The molecule has 0 aromatic carbocycles. The smallest absolute Gasteiger partial charge is 0.00886 e. The van der Waals surface area contributed by atoms with E-state index >= 15 is 0 Å². The van der Waals surface area contributed by atoms with Gasteiger partial charge in [-0.3, -0.25) is 0 Å². The van der Waals surface area contributed by atoms with Crippen LogP contribution < -0.4 is 0 Å². The Morgan fingerprint density at radius 3 is 1.20 bits per heavy atom. The zero-order valence-electron chi connectivity index (χ0n) is 21.5. The SMILES string of the molecule is CCC#CCCCCCCCCCC(C)CCCCCCCCCCCCCCC. The van der Waals surface area contributed by atoms with Crippen LogP contribution in [0.2, 0.25) is 0 Å². The maximum atomic E-state index is 3.25. The van der Waals surface area contributed by atoms with E-state index < -0.39 is 0 Å². The molecule has 0 aromatic rings. The highest BCUT2D eigenvalue weighted by atomic mass is 14.1. The highest BCUT2D eigenvalue weighted by molar-refractivity contribution is 4.97. The molecule has 178 valence electrons. The van der Waals surface area contributed by atoms with E-state index in [1.807, 2.05) is 0 Å². The van der Waals surface area contributed by atoms with Crippen LogP contribution in [-0.2, 0) is 0 Å². The summed E-state index contributed by atoms with van der Waals surface area (Å²) in [5.41, 5.74) is 0. The van der Waals surface area contributed by atoms with Crippen LogP contribution in [0.25, 0.3) is 0 Å². The molecule has 0 spiro atoms. The topological polar surface area (TPSA) is 0 Å². The van der Waals surface area contributed by atoms with Crippen molar-refractivity contribution in [2.75, 3.05) is 0 Å². The molecule has 0 N–H and O–H groups in total. The van der Waals surface area contributed by atoms with Gasteiger partial charge in [0.15, 0.2) is 0 Å². The maximum absolute atomic E-state index is 3.25. The first-order valence-electron chi connectivity index (χ1n) is 14.3. The van der Waals surface area contributed by atoms with E-state index in [2.05, 4.69) is 32.6 Å². The third-order valence-corrected chi connectivity index (χ3v) is 6.60. The van der Waals surface area contributed by atoms with Gasteiger partial charge in [-0.15, -0.1) is 11.8 Å². The summed E-state index contributed by atoms with van der Waals surface area (Å²) < 4.78 is 0. The summed E-state index contributed by atoms with van der Waals surface area (Å²) in [5, 5.41) is 0. The van der Waals surface area contributed by atoms with E-state index in [1.165, 1.54) is 141 Å². The molecule has 0 amide bonds. The van der Waals surface area contributed by atoms with E-state index in [-0.39, 0.29) is 0 Å². The lowest BCUT2D eigenvalue weighted by Crippen LogP contribution is -1.95. The summed E-state index contributed by atoms with van der Waals surface area (Å²) >= 11 is 0. The van der Waals surface area contributed by atoms with Crippen LogP contribution in [0.4, 0.5) is 0 Å². The standard InChI is InChI=1S/C30H58/c1-4-6-8-10-12-14-16-17-19-21-23-25-27-29-30(3)28-26-24-22-20-18-15-13-11-9-7-5-2/h30H,4-6,8,10-29H2,1-3H3. The molecular weight excluding hydrogens is 360 g/mol. The predicted octanol–water partition coefficient (Wildman–Crippen LogP) is 11.0. The first kappa shape index (κ1) is 29.6. The molecule has 0 saturated heterocycles. The molecule has 0 fully saturated rings. The second kappa shape index (κ2) is 26.6. The number of unbranched alkanes of at least 4 members (excludes halogenated alkanes) is 19. The largest absolute Gasteiger partial charge is 0.104 e. The van der Waals surface area contributed by atoms with Gasteiger partial charge in [0.1, 0.15) is 0 Å². The Morgan fingerprint density at radius 2 is 0.800 bits per heavy atom. The van der Waals surface area contributed by atoms with Crippen molar-refractivity contribution >= 4 is 0 Å². The fourth-order valence-corrected chi connectivity index (χ4v) is 4.46. The highest BCUT2D eigenvalue weighted by Gasteiger charge is 2.02. The molecule has 30 heavy (non-hydrogen) atoms. The quantitative estimate of drug-likeness (QED) is 0.114. The number of hydrogen-bond donors (Lipinski definition) is 0. The molecule has 1 unspecified atom stereocenters. The summed E-state index contributed by atoms with van der Waals surface area (Å²) in [6.45, 7) is 6.92. The first-order valence-corrected chi connectivity index (χ1v) is 14.3. The van der Waals surface area contributed by atoms with Crippen LogP contribution in [0.1, 0.15) is 175 Å². The van der Waals surface area contributed by atoms with Gasteiger partial charge in [-0.05, 0) is 12.3 Å². The normalized spacial score (nSPS) is 12.0. The monoisotopic (exact) mass is 418 g/mol. The van der Waals surface area contributed by atoms with Crippen LogP contribution in [0.3, 0.4) is 0 Å². The molecule has 0 rings (SSSR count). The van der Waals surface area contributed by atoms with Crippen molar-refractivity contribution in [3.8, 4) is 11.8 Å². The molecule has 1 atom stereocenters. The molecule has 0 aliphatic carbocycles. The maximum Gasteiger partial charge on any atom is 0.00886 e. The van der Waals surface area contributed by atoms with Crippen LogP contribution in [0.5, 0.6) is 0 Å². The predicted molar refractivity (Wildman–Crippen MR) is 139 cm³/mol. The van der Waals surface area contributed by atoms with E-state index in [4.69, 9.17) is 0 Å². The minimum absolute atomic E-state index is 0.954. The molecule has 0 saturated carbocycles. The Kier molecular flexibility index (Phi) is 26.2. The van der Waals surface area contributed by atoms with E-state index in [9.17, 15) is 0 Å². The Bertz CT molecular complexity index is 358. The van der Waals surface area contributed by atoms with Gasteiger partial charge < -0.3 is 0 Å². The molecule has 0 radical (unpaired) electrons. The molecule has 0 heteroatoms. The van der Waals surface area contributed by atoms with Crippen molar-refractivity contribution in [3.05, 3.63) is 0 Å². The van der Waals surface area contributed by atoms with Crippen molar-refractivity contribution < 1.29 is 0 Å². The van der Waals surface area contributed by atoms with Crippen molar-refractivity contribution in [2.24, 2.45) is 5.92 Å². The second-order valence-electron chi connectivity index (χ2n) is 9.86. The molecule has 0 aliphatic rings. The van der Waals surface area contributed by atoms with Gasteiger partial charge in [0.05, 0.1) is 0 Å². The average Bonchev–Trinajstić information content (AvgIpc) is 2.75. The molecule has 0 nitrogen and oxygen atoms in total. The van der Waals surface area contributed by atoms with E-state index in [1.54, 1.807) is 0 Å². The van der Waals surface area contributed by atoms with E-state index in [0.29, 0.717) is 0 Å². The molecular formula is C30H58. The van der Waals surface area contributed by atoms with Crippen LogP contribution in [0, 0.1) is 17.8 Å². The van der Waals surface area contributed by atoms with Gasteiger partial charge in [0.2, 0.25) is 0 Å². The average molecular weight is 419 g/mol. The summed E-state index contributed by atoms with van der Waals surface area (Å²) in [4.78, 5) is 0.